The van der Waals surface area contributed by atoms with E-state index < -0.39 is 5.56 Å². The van der Waals surface area contributed by atoms with Gasteiger partial charge in [-0.05, 0) is 6.42 Å². The third kappa shape index (κ3) is 7.57. The van der Waals surface area contributed by atoms with E-state index in [1.54, 1.807) is 4.90 Å². The Morgan fingerprint density at radius 1 is 1.26 bits per heavy atom. The number of hydrogen-bond donors (Lipinski definition) is 1. The van der Waals surface area contributed by atoms with Crippen LogP contribution in [0.25, 0.3) is 0 Å². The standard InChI is InChI=1S/C8H14ClNO3.C4H9NO/c1-2-7(9)13-8(11)10-3-5-12-6-4-10;1-3-6-4-2-5-1/h7H,2-6H2,1H3;5H,1-4H2. The summed E-state index contributed by atoms with van der Waals surface area (Å²) in [5, 5.41) is 3.16. The van der Waals surface area contributed by atoms with E-state index in [9.17, 15) is 4.79 Å². The Morgan fingerprint density at radius 2 is 1.84 bits per heavy atom. The molecule has 2 fully saturated rings. The zero-order valence-electron chi connectivity index (χ0n) is 11.4. The number of rotatable bonds is 2. The lowest BCUT2D eigenvalue weighted by Crippen LogP contribution is -2.41. The van der Waals surface area contributed by atoms with E-state index in [1.165, 1.54) is 0 Å². The van der Waals surface area contributed by atoms with Crippen molar-refractivity contribution in [2.45, 2.75) is 18.9 Å². The summed E-state index contributed by atoms with van der Waals surface area (Å²) in [6, 6.07) is 0. The number of alkyl halides is 1. The first kappa shape index (κ1) is 16.5. The quantitative estimate of drug-likeness (QED) is 0.771. The molecule has 0 aromatic carbocycles. The number of hydrogen-bond acceptors (Lipinski definition) is 5. The molecule has 1 amide bonds. The van der Waals surface area contributed by atoms with Crippen LogP contribution in [-0.2, 0) is 14.2 Å². The zero-order valence-corrected chi connectivity index (χ0v) is 12.2. The number of carbonyl (C=O) groups excluding carboxylic acids is 1. The summed E-state index contributed by atoms with van der Waals surface area (Å²) in [6.07, 6.45) is 0.280. The lowest BCUT2D eigenvalue weighted by atomic mass is 10.4. The van der Waals surface area contributed by atoms with E-state index in [1.807, 2.05) is 6.92 Å². The fourth-order valence-corrected chi connectivity index (χ4v) is 1.61. The number of carbonyl (C=O) groups is 1. The maximum atomic E-state index is 11.3. The smallest absolute Gasteiger partial charge is 0.411 e. The minimum absolute atomic E-state index is 0.342. The molecule has 0 aromatic rings. The average Bonchev–Trinajstić information content (AvgIpc) is 2.50. The first-order valence-electron chi connectivity index (χ1n) is 6.70. The second-order valence-electron chi connectivity index (χ2n) is 4.16. The number of amides is 1. The molecule has 6 nitrogen and oxygen atoms in total. The molecule has 0 radical (unpaired) electrons. The highest BCUT2D eigenvalue weighted by Gasteiger charge is 2.19. The molecule has 2 heterocycles. The molecule has 7 heteroatoms. The fraction of sp³-hybridized carbons (Fsp3) is 0.917. The monoisotopic (exact) mass is 294 g/mol. The van der Waals surface area contributed by atoms with Crippen LogP contribution in [0.1, 0.15) is 13.3 Å². The lowest BCUT2D eigenvalue weighted by Gasteiger charge is -2.26. The van der Waals surface area contributed by atoms with E-state index in [-0.39, 0.29) is 6.09 Å². The molecule has 1 N–H and O–H groups in total. The van der Waals surface area contributed by atoms with Gasteiger partial charge < -0.3 is 24.4 Å². The molecular formula is C12H23ClN2O4. The fourth-order valence-electron chi connectivity index (χ4n) is 1.53. The third-order valence-corrected chi connectivity index (χ3v) is 3.06. The molecule has 0 spiro atoms. The van der Waals surface area contributed by atoms with Gasteiger partial charge in [0.05, 0.1) is 26.4 Å². The van der Waals surface area contributed by atoms with Gasteiger partial charge in [-0.15, -0.1) is 0 Å². The first-order valence-corrected chi connectivity index (χ1v) is 7.13. The molecule has 0 saturated carbocycles. The van der Waals surface area contributed by atoms with Crippen LogP contribution >= 0.6 is 11.6 Å². The molecule has 2 aliphatic heterocycles. The highest BCUT2D eigenvalue weighted by molar-refractivity contribution is 6.20. The van der Waals surface area contributed by atoms with Crippen LogP contribution in [0, 0.1) is 0 Å². The highest BCUT2D eigenvalue weighted by atomic mass is 35.5. The van der Waals surface area contributed by atoms with Crippen LogP contribution in [0.15, 0.2) is 0 Å². The summed E-state index contributed by atoms with van der Waals surface area (Å²) < 4.78 is 15.0. The predicted octanol–water partition coefficient (Wildman–Crippen LogP) is 1.04. The summed E-state index contributed by atoms with van der Waals surface area (Å²) >= 11 is 5.68. The lowest BCUT2D eigenvalue weighted by molar-refractivity contribution is 0.0229. The third-order valence-electron chi connectivity index (χ3n) is 2.67. The van der Waals surface area contributed by atoms with Crippen molar-refractivity contribution in [1.82, 2.24) is 10.2 Å². The Hall–Kier alpha value is -0.560. The van der Waals surface area contributed by atoms with Crippen molar-refractivity contribution in [3.05, 3.63) is 0 Å². The Labute approximate surface area is 119 Å². The number of halogens is 1. The van der Waals surface area contributed by atoms with Gasteiger partial charge in [0, 0.05) is 26.2 Å². The van der Waals surface area contributed by atoms with Crippen molar-refractivity contribution in [3.8, 4) is 0 Å². The number of nitrogens with one attached hydrogen (secondary N) is 1. The van der Waals surface area contributed by atoms with Gasteiger partial charge in [-0.2, -0.15) is 0 Å². The second kappa shape index (κ2) is 10.3. The number of ether oxygens (including phenoxy) is 3. The molecule has 1 unspecified atom stereocenters. The van der Waals surface area contributed by atoms with Crippen molar-refractivity contribution in [1.29, 1.82) is 0 Å². The molecule has 2 saturated heterocycles. The Kier molecular flexibility index (Phi) is 8.90. The maximum Gasteiger partial charge on any atom is 0.411 e. The van der Waals surface area contributed by atoms with E-state index in [0.717, 1.165) is 26.3 Å². The van der Waals surface area contributed by atoms with Crippen molar-refractivity contribution >= 4 is 17.7 Å². The van der Waals surface area contributed by atoms with Crippen LogP contribution in [-0.4, -0.2) is 69.2 Å². The predicted molar refractivity (Wildman–Crippen MR) is 72.5 cm³/mol. The average molecular weight is 295 g/mol. The van der Waals surface area contributed by atoms with Crippen molar-refractivity contribution < 1.29 is 19.0 Å². The molecule has 112 valence electrons. The van der Waals surface area contributed by atoms with Gasteiger partial charge in [0.25, 0.3) is 0 Å². The van der Waals surface area contributed by atoms with Gasteiger partial charge in [0.2, 0.25) is 0 Å². The zero-order chi connectivity index (χ0) is 13.9. The molecule has 2 rings (SSSR count). The van der Waals surface area contributed by atoms with E-state index in [4.69, 9.17) is 25.8 Å². The topological polar surface area (TPSA) is 60.0 Å². The molecule has 2 aliphatic rings. The van der Waals surface area contributed by atoms with Gasteiger partial charge in [-0.1, -0.05) is 18.5 Å². The minimum atomic E-state index is -0.518. The highest BCUT2D eigenvalue weighted by Crippen LogP contribution is 2.07. The van der Waals surface area contributed by atoms with Crippen LogP contribution in [0.4, 0.5) is 4.79 Å². The molecule has 1 atom stereocenters. The van der Waals surface area contributed by atoms with Crippen molar-refractivity contribution in [2.24, 2.45) is 0 Å². The SMILES string of the molecule is C1COCCN1.CCC(Cl)OC(=O)N1CCOCC1. The van der Waals surface area contributed by atoms with Gasteiger partial charge in [-0.3, -0.25) is 0 Å². The van der Waals surface area contributed by atoms with Crippen LogP contribution in [0.3, 0.4) is 0 Å². The van der Waals surface area contributed by atoms with Crippen LogP contribution in [0.2, 0.25) is 0 Å². The molecule has 0 bridgehead atoms. The Morgan fingerprint density at radius 3 is 2.26 bits per heavy atom. The van der Waals surface area contributed by atoms with Gasteiger partial charge in [0.15, 0.2) is 5.56 Å². The van der Waals surface area contributed by atoms with E-state index in [2.05, 4.69) is 5.32 Å². The summed E-state index contributed by atoms with van der Waals surface area (Å²) in [7, 11) is 0. The minimum Gasteiger partial charge on any atom is -0.430 e. The Balaban J connectivity index is 0.000000250. The second-order valence-corrected chi connectivity index (χ2v) is 4.65. The van der Waals surface area contributed by atoms with Gasteiger partial charge >= 0.3 is 6.09 Å². The van der Waals surface area contributed by atoms with Crippen LogP contribution in [0.5, 0.6) is 0 Å². The first-order chi connectivity index (χ1) is 9.24. The van der Waals surface area contributed by atoms with Crippen molar-refractivity contribution in [2.75, 3.05) is 52.6 Å². The molecule has 0 aliphatic carbocycles. The van der Waals surface area contributed by atoms with E-state index in [0.29, 0.717) is 32.7 Å². The molecule has 0 aromatic heterocycles. The normalized spacial score (nSPS) is 21.1. The van der Waals surface area contributed by atoms with Gasteiger partial charge in [-0.25, -0.2) is 4.79 Å². The van der Waals surface area contributed by atoms with Crippen LogP contribution < -0.4 is 5.32 Å². The Bertz CT molecular complexity index is 234. The number of morpholine rings is 2. The van der Waals surface area contributed by atoms with Gasteiger partial charge in [0.1, 0.15) is 0 Å². The van der Waals surface area contributed by atoms with E-state index >= 15 is 0 Å². The maximum absolute atomic E-state index is 11.3. The molecular weight excluding hydrogens is 272 g/mol. The molecule has 19 heavy (non-hydrogen) atoms. The number of nitrogens with zero attached hydrogens (tertiary/aromatic N) is 1. The summed E-state index contributed by atoms with van der Waals surface area (Å²) in [6.45, 7) is 8.03. The summed E-state index contributed by atoms with van der Waals surface area (Å²) in [5.41, 5.74) is -0.518. The largest absolute Gasteiger partial charge is 0.430 e. The van der Waals surface area contributed by atoms with Crippen molar-refractivity contribution in [3.63, 3.8) is 0 Å². The summed E-state index contributed by atoms with van der Waals surface area (Å²) in [5.74, 6) is 0. The summed E-state index contributed by atoms with van der Waals surface area (Å²) in [4.78, 5) is 12.9.